The Morgan fingerprint density at radius 1 is 1.27 bits per heavy atom. The molecule has 0 radical (unpaired) electrons. The van der Waals surface area contributed by atoms with Gasteiger partial charge in [-0.05, 0) is 66.0 Å². The van der Waals surface area contributed by atoms with E-state index in [1.165, 1.54) is 15.6 Å². The van der Waals surface area contributed by atoms with E-state index in [0.717, 1.165) is 19.3 Å². The van der Waals surface area contributed by atoms with Gasteiger partial charge in [-0.2, -0.15) is 0 Å². The van der Waals surface area contributed by atoms with Crippen molar-refractivity contribution < 1.29 is 0 Å². The van der Waals surface area contributed by atoms with E-state index < -0.39 is 0 Å². The second-order valence-corrected chi connectivity index (χ2v) is 5.45. The summed E-state index contributed by atoms with van der Waals surface area (Å²) in [4.78, 5) is 0. The molecule has 2 rings (SSSR count). The minimum Gasteiger partial charge on any atom is -0.327 e. The smallest absolute Gasteiger partial charge is 0.0130 e. The van der Waals surface area contributed by atoms with Gasteiger partial charge in [0.05, 0.1) is 0 Å². The standard InChI is InChI=1S/C13H16IN/c14-12-5-1-10(2-6-12)9-11-3-7-13(15)8-4-11/h1-3,5-6,13H,4,7-9,15H2. The lowest BCUT2D eigenvalue weighted by atomic mass is 9.92. The molecule has 0 aromatic heterocycles. The molecule has 1 aliphatic rings. The Kier molecular flexibility index (Phi) is 3.81. The lowest BCUT2D eigenvalue weighted by Gasteiger charge is -2.18. The van der Waals surface area contributed by atoms with Crippen LogP contribution in [-0.4, -0.2) is 6.04 Å². The third-order valence-electron chi connectivity index (χ3n) is 2.89. The predicted molar refractivity (Wildman–Crippen MR) is 72.8 cm³/mol. The summed E-state index contributed by atoms with van der Waals surface area (Å²) in [5, 5.41) is 0. The highest BCUT2D eigenvalue weighted by Gasteiger charge is 2.10. The lowest BCUT2D eigenvalue weighted by Crippen LogP contribution is -2.22. The number of benzene rings is 1. The first-order chi connectivity index (χ1) is 7.24. The summed E-state index contributed by atoms with van der Waals surface area (Å²) < 4.78 is 1.30. The molecular weight excluding hydrogens is 297 g/mol. The SMILES string of the molecule is NC1CC=C(Cc2ccc(I)cc2)CC1. The number of allylic oxidation sites excluding steroid dienone is 1. The van der Waals surface area contributed by atoms with E-state index in [1.54, 1.807) is 5.57 Å². The van der Waals surface area contributed by atoms with Gasteiger partial charge in [0.2, 0.25) is 0 Å². The Bertz CT molecular complexity index is 353. The predicted octanol–water partition coefficient (Wildman–Crippen LogP) is 3.27. The minimum atomic E-state index is 0.394. The molecule has 0 aliphatic heterocycles. The van der Waals surface area contributed by atoms with Crippen LogP contribution in [0.2, 0.25) is 0 Å². The van der Waals surface area contributed by atoms with Gasteiger partial charge in [-0.25, -0.2) is 0 Å². The molecule has 0 fully saturated rings. The van der Waals surface area contributed by atoms with E-state index in [-0.39, 0.29) is 0 Å². The van der Waals surface area contributed by atoms with Gasteiger partial charge in [0.15, 0.2) is 0 Å². The number of rotatable bonds is 2. The number of hydrogen-bond donors (Lipinski definition) is 1. The molecule has 80 valence electrons. The Balaban J connectivity index is 2.00. The normalized spacial score (nSPS) is 21.2. The molecule has 1 aromatic carbocycles. The topological polar surface area (TPSA) is 26.0 Å². The van der Waals surface area contributed by atoms with Gasteiger partial charge >= 0.3 is 0 Å². The summed E-state index contributed by atoms with van der Waals surface area (Å²) in [5.41, 5.74) is 8.83. The molecule has 1 aliphatic carbocycles. The van der Waals surface area contributed by atoms with Crippen molar-refractivity contribution in [3.8, 4) is 0 Å². The fraction of sp³-hybridized carbons (Fsp3) is 0.385. The third kappa shape index (κ3) is 3.31. The zero-order valence-electron chi connectivity index (χ0n) is 8.75. The third-order valence-corrected chi connectivity index (χ3v) is 3.61. The molecule has 0 bridgehead atoms. The van der Waals surface area contributed by atoms with Crippen molar-refractivity contribution >= 4 is 22.6 Å². The van der Waals surface area contributed by atoms with E-state index in [1.807, 2.05) is 0 Å². The molecule has 2 N–H and O–H groups in total. The van der Waals surface area contributed by atoms with E-state index in [2.05, 4.69) is 52.9 Å². The van der Waals surface area contributed by atoms with Gasteiger partial charge in [0, 0.05) is 9.61 Å². The highest BCUT2D eigenvalue weighted by Crippen LogP contribution is 2.21. The maximum atomic E-state index is 5.86. The van der Waals surface area contributed by atoms with E-state index in [0.29, 0.717) is 6.04 Å². The molecule has 1 aromatic rings. The van der Waals surface area contributed by atoms with Crippen molar-refractivity contribution in [1.82, 2.24) is 0 Å². The van der Waals surface area contributed by atoms with Crippen LogP contribution in [0.25, 0.3) is 0 Å². The second-order valence-electron chi connectivity index (χ2n) is 4.20. The summed E-state index contributed by atoms with van der Waals surface area (Å²) in [6.45, 7) is 0. The lowest BCUT2D eigenvalue weighted by molar-refractivity contribution is 0.583. The molecule has 0 amide bonds. The molecule has 0 saturated carbocycles. The molecule has 15 heavy (non-hydrogen) atoms. The van der Waals surface area contributed by atoms with Crippen molar-refractivity contribution in [2.24, 2.45) is 5.73 Å². The molecule has 0 spiro atoms. The number of hydrogen-bond acceptors (Lipinski definition) is 1. The van der Waals surface area contributed by atoms with Crippen LogP contribution in [0.1, 0.15) is 24.8 Å². The first kappa shape index (κ1) is 11.1. The summed E-state index contributed by atoms with van der Waals surface area (Å²) in [6, 6.07) is 9.18. The largest absolute Gasteiger partial charge is 0.327 e. The molecule has 1 unspecified atom stereocenters. The van der Waals surface area contributed by atoms with E-state index in [9.17, 15) is 0 Å². The van der Waals surface area contributed by atoms with Gasteiger partial charge in [0.25, 0.3) is 0 Å². The van der Waals surface area contributed by atoms with Crippen molar-refractivity contribution in [2.45, 2.75) is 31.7 Å². The minimum absolute atomic E-state index is 0.394. The maximum absolute atomic E-state index is 5.86. The van der Waals surface area contributed by atoms with Gasteiger partial charge in [-0.3, -0.25) is 0 Å². The highest BCUT2D eigenvalue weighted by atomic mass is 127. The Morgan fingerprint density at radius 2 is 2.00 bits per heavy atom. The second kappa shape index (κ2) is 5.12. The molecule has 1 nitrogen and oxygen atoms in total. The quantitative estimate of drug-likeness (QED) is 0.658. The van der Waals surface area contributed by atoms with Crippen LogP contribution in [0, 0.1) is 3.57 Å². The van der Waals surface area contributed by atoms with Crippen molar-refractivity contribution in [3.63, 3.8) is 0 Å². The van der Waals surface area contributed by atoms with Gasteiger partial charge in [-0.1, -0.05) is 23.8 Å². The van der Waals surface area contributed by atoms with Crippen molar-refractivity contribution in [3.05, 3.63) is 45.0 Å². The van der Waals surface area contributed by atoms with Crippen LogP contribution in [0.15, 0.2) is 35.9 Å². The zero-order chi connectivity index (χ0) is 10.7. The Morgan fingerprint density at radius 3 is 2.60 bits per heavy atom. The Labute approximate surface area is 105 Å². The molecule has 1 atom stereocenters. The fourth-order valence-electron chi connectivity index (χ4n) is 1.93. The van der Waals surface area contributed by atoms with E-state index in [4.69, 9.17) is 5.73 Å². The molecule has 0 saturated heterocycles. The summed E-state index contributed by atoms with van der Waals surface area (Å²) in [7, 11) is 0. The van der Waals surface area contributed by atoms with Crippen LogP contribution < -0.4 is 5.73 Å². The van der Waals surface area contributed by atoms with Gasteiger partial charge in [0.1, 0.15) is 0 Å². The first-order valence-corrected chi connectivity index (χ1v) is 6.50. The van der Waals surface area contributed by atoms with Crippen LogP contribution in [0.5, 0.6) is 0 Å². The number of nitrogens with two attached hydrogens (primary N) is 1. The van der Waals surface area contributed by atoms with Crippen LogP contribution in [0.4, 0.5) is 0 Å². The van der Waals surface area contributed by atoms with Crippen molar-refractivity contribution in [2.75, 3.05) is 0 Å². The maximum Gasteiger partial charge on any atom is 0.0130 e. The monoisotopic (exact) mass is 313 g/mol. The Hall–Kier alpha value is -0.350. The average Bonchev–Trinajstić information content (AvgIpc) is 2.25. The van der Waals surface area contributed by atoms with Gasteiger partial charge in [-0.15, -0.1) is 0 Å². The van der Waals surface area contributed by atoms with Crippen LogP contribution in [0.3, 0.4) is 0 Å². The van der Waals surface area contributed by atoms with Gasteiger partial charge < -0.3 is 5.73 Å². The molecule has 0 heterocycles. The summed E-state index contributed by atoms with van der Waals surface area (Å²) in [6.07, 6.45) is 6.80. The fourth-order valence-corrected chi connectivity index (χ4v) is 2.29. The van der Waals surface area contributed by atoms with Crippen molar-refractivity contribution in [1.29, 1.82) is 0 Å². The highest BCUT2D eigenvalue weighted by molar-refractivity contribution is 14.1. The van der Waals surface area contributed by atoms with E-state index >= 15 is 0 Å². The molecule has 2 heteroatoms. The first-order valence-electron chi connectivity index (χ1n) is 5.42. The van der Waals surface area contributed by atoms with Crippen LogP contribution >= 0.6 is 22.6 Å². The molecular formula is C13H16IN. The summed E-state index contributed by atoms with van der Waals surface area (Å²) >= 11 is 2.34. The number of halogens is 1. The average molecular weight is 313 g/mol. The summed E-state index contributed by atoms with van der Waals surface area (Å²) in [5.74, 6) is 0. The van der Waals surface area contributed by atoms with Crippen LogP contribution in [-0.2, 0) is 6.42 Å². The zero-order valence-corrected chi connectivity index (χ0v) is 10.9.